The van der Waals surface area contributed by atoms with Crippen LogP contribution in [0.15, 0.2) is 24.3 Å². The van der Waals surface area contributed by atoms with Gasteiger partial charge in [0.05, 0.1) is 13.2 Å². The van der Waals surface area contributed by atoms with Crippen molar-refractivity contribution in [2.45, 2.75) is 12.5 Å². The van der Waals surface area contributed by atoms with Gasteiger partial charge >= 0.3 is 0 Å². The van der Waals surface area contributed by atoms with Gasteiger partial charge in [0, 0.05) is 24.8 Å². The van der Waals surface area contributed by atoms with Gasteiger partial charge in [0.15, 0.2) is 0 Å². The van der Waals surface area contributed by atoms with Crippen LogP contribution in [-0.4, -0.2) is 32.8 Å². The zero-order valence-electron chi connectivity index (χ0n) is 9.48. The number of rotatable bonds is 2. The highest BCUT2D eigenvalue weighted by atomic mass is 16.5. The summed E-state index contributed by atoms with van der Waals surface area (Å²) in [6.07, 6.45) is 1.27. The molecule has 16 heavy (non-hydrogen) atoms. The highest BCUT2D eigenvalue weighted by molar-refractivity contribution is 5.48. The second-order valence-corrected chi connectivity index (χ2v) is 4.49. The molecule has 1 N–H and O–H groups in total. The third-order valence-electron chi connectivity index (χ3n) is 3.50. The maximum absolute atomic E-state index is 5.36. The van der Waals surface area contributed by atoms with Crippen molar-refractivity contribution in [3.05, 3.63) is 29.8 Å². The van der Waals surface area contributed by atoms with Gasteiger partial charge in [-0.15, -0.1) is 0 Å². The molecule has 0 aliphatic carbocycles. The third-order valence-corrected chi connectivity index (χ3v) is 3.50. The second-order valence-electron chi connectivity index (χ2n) is 4.49. The van der Waals surface area contributed by atoms with Gasteiger partial charge in [-0.25, -0.2) is 0 Å². The molecule has 0 bridgehead atoms. The number of hydrogen-bond donors (Lipinski definition) is 1. The van der Waals surface area contributed by atoms with E-state index < -0.39 is 0 Å². The standard InChI is InChI=1S/C13H18N2O/c1-3-12(15-7-9-16-10-8-15)4-2-11(1)13-5-6-14-13/h1-4,13-14H,5-10H2. The Labute approximate surface area is 96.4 Å². The monoisotopic (exact) mass is 218 g/mol. The van der Waals surface area contributed by atoms with Gasteiger partial charge in [-0.05, 0) is 30.7 Å². The molecule has 0 amide bonds. The Morgan fingerprint density at radius 3 is 2.38 bits per heavy atom. The van der Waals surface area contributed by atoms with E-state index in [1.807, 2.05) is 0 Å². The van der Waals surface area contributed by atoms with Crippen molar-refractivity contribution in [3.63, 3.8) is 0 Å². The van der Waals surface area contributed by atoms with Gasteiger partial charge in [-0.3, -0.25) is 0 Å². The minimum atomic E-state index is 0.596. The van der Waals surface area contributed by atoms with E-state index in [0.717, 1.165) is 32.8 Å². The summed E-state index contributed by atoms with van der Waals surface area (Å²) in [7, 11) is 0. The molecule has 2 heterocycles. The van der Waals surface area contributed by atoms with Gasteiger partial charge < -0.3 is 15.0 Å². The molecule has 0 spiro atoms. The van der Waals surface area contributed by atoms with Crippen LogP contribution in [0.4, 0.5) is 5.69 Å². The Kier molecular flexibility index (Phi) is 2.80. The van der Waals surface area contributed by atoms with Gasteiger partial charge in [0.1, 0.15) is 0 Å². The SMILES string of the molecule is c1cc(N2CCOCC2)ccc1C1CCN1. The molecule has 3 nitrogen and oxygen atoms in total. The topological polar surface area (TPSA) is 24.5 Å². The fraction of sp³-hybridized carbons (Fsp3) is 0.538. The molecule has 86 valence electrons. The van der Waals surface area contributed by atoms with Crippen LogP contribution in [0, 0.1) is 0 Å². The lowest BCUT2D eigenvalue weighted by atomic mass is 9.98. The molecule has 3 heteroatoms. The number of hydrogen-bond acceptors (Lipinski definition) is 3. The van der Waals surface area contributed by atoms with E-state index in [1.54, 1.807) is 0 Å². The highest BCUT2D eigenvalue weighted by Gasteiger charge is 2.18. The predicted molar refractivity (Wildman–Crippen MR) is 64.8 cm³/mol. The van der Waals surface area contributed by atoms with E-state index in [1.165, 1.54) is 17.7 Å². The van der Waals surface area contributed by atoms with Crippen molar-refractivity contribution in [1.82, 2.24) is 5.32 Å². The Hall–Kier alpha value is -1.06. The van der Waals surface area contributed by atoms with Crippen LogP contribution in [-0.2, 0) is 4.74 Å². The summed E-state index contributed by atoms with van der Waals surface area (Å²) in [6, 6.07) is 9.57. The van der Waals surface area contributed by atoms with Gasteiger partial charge in [0.25, 0.3) is 0 Å². The first-order chi connectivity index (χ1) is 7.93. The van der Waals surface area contributed by atoms with Crippen molar-refractivity contribution in [2.24, 2.45) is 0 Å². The van der Waals surface area contributed by atoms with Crippen molar-refractivity contribution in [1.29, 1.82) is 0 Å². The van der Waals surface area contributed by atoms with Crippen LogP contribution < -0.4 is 10.2 Å². The molecule has 0 radical (unpaired) electrons. The number of anilines is 1. The Morgan fingerprint density at radius 1 is 1.12 bits per heavy atom. The first kappa shape index (κ1) is 10.1. The van der Waals surface area contributed by atoms with E-state index >= 15 is 0 Å². The lowest BCUT2D eigenvalue weighted by Crippen LogP contribution is -2.36. The molecule has 0 aromatic heterocycles. The molecule has 2 saturated heterocycles. The number of nitrogens with one attached hydrogen (secondary N) is 1. The Bertz CT molecular complexity index is 339. The van der Waals surface area contributed by atoms with Gasteiger partial charge in [-0.2, -0.15) is 0 Å². The maximum atomic E-state index is 5.36. The van der Waals surface area contributed by atoms with Gasteiger partial charge in [0.2, 0.25) is 0 Å². The Morgan fingerprint density at radius 2 is 1.81 bits per heavy atom. The fourth-order valence-electron chi connectivity index (χ4n) is 2.31. The smallest absolute Gasteiger partial charge is 0.0642 e. The third kappa shape index (κ3) is 1.93. The van der Waals surface area contributed by atoms with E-state index in [9.17, 15) is 0 Å². The van der Waals surface area contributed by atoms with E-state index in [-0.39, 0.29) is 0 Å². The van der Waals surface area contributed by atoms with Crippen LogP contribution in [0.3, 0.4) is 0 Å². The molecular weight excluding hydrogens is 200 g/mol. The molecular formula is C13H18N2O. The van der Waals surface area contributed by atoms with Crippen LogP contribution in [0.5, 0.6) is 0 Å². The van der Waals surface area contributed by atoms with Crippen molar-refractivity contribution in [2.75, 3.05) is 37.7 Å². The lowest BCUT2D eigenvalue weighted by Gasteiger charge is -2.31. The summed E-state index contributed by atoms with van der Waals surface area (Å²) < 4.78 is 5.36. The molecule has 0 saturated carbocycles. The van der Waals surface area contributed by atoms with Crippen LogP contribution in [0.25, 0.3) is 0 Å². The normalized spacial score (nSPS) is 25.2. The van der Waals surface area contributed by atoms with Gasteiger partial charge in [-0.1, -0.05) is 12.1 Å². The molecule has 3 rings (SSSR count). The minimum absolute atomic E-state index is 0.596. The average Bonchev–Trinajstić information content (AvgIpc) is 2.29. The van der Waals surface area contributed by atoms with Crippen LogP contribution in [0.1, 0.15) is 18.0 Å². The number of benzene rings is 1. The van der Waals surface area contributed by atoms with Crippen LogP contribution >= 0.6 is 0 Å². The minimum Gasteiger partial charge on any atom is -0.378 e. The lowest BCUT2D eigenvalue weighted by molar-refractivity contribution is 0.122. The molecule has 2 aliphatic heterocycles. The molecule has 1 unspecified atom stereocenters. The fourth-order valence-corrected chi connectivity index (χ4v) is 2.31. The number of morpholine rings is 1. The van der Waals surface area contributed by atoms with Crippen LogP contribution in [0.2, 0.25) is 0 Å². The van der Waals surface area contributed by atoms with Crippen molar-refractivity contribution in [3.8, 4) is 0 Å². The quantitative estimate of drug-likeness (QED) is 0.815. The maximum Gasteiger partial charge on any atom is 0.0642 e. The summed E-state index contributed by atoms with van der Waals surface area (Å²) >= 11 is 0. The Balaban J connectivity index is 1.70. The summed E-state index contributed by atoms with van der Waals surface area (Å²) in [4.78, 5) is 2.39. The first-order valence-corrected chi connectivity index (χ1v) is 6.09. The highest BCUT2D eigenvalue weighted by Crippen LogP contribution is 2.25. The molecule has 1 atom stereocenters. The summed E-state index contributed by atoms with van der Waals surface area (Å²) in [5, 5.41) is 3.43. The zero-order chi connectivity index (χ0) is 10.8. The van der Waals surface area contributed by atoms with E-state index in [2.05, 4.69) is 34.5 Å². The summed E-state index contributed by atoms with van der Waals surface area (Å²) in [5.74, 6) is 0. The summed E-state index contributed by atoms with van der Waals surface area (Å²) in [6.45, 7) is 4.90. The zero-order valence-corrected chi connectivity index (χ0v) is 9.48. The van der Waals surface area contributed by atoms with E-state index in [0.29, 0.717) is 6.04 Å². The molecule has 1 aromatic carbocycles. The second kappa shape index (κ2) is 4.44. The number of nitrogens with zero attached hydrogens (tertiary/aromatic N) is 1. The largest absolute Gasteiger partial charge is 0.378 e. The average molecular weight is 218 g/mol. The first-order valence-electron chi connectivity index (χ1n) is 6.09. The molecule has 2 aliphatic rings. The van der Waals surface area contributed by atoms with E-state index in [4.69, 9.17) is 4.74 Å². The predicted octanol–water partition coefficient (Wildman–Crippen LogP) is 1.56. The van der Waals surface area contributed by atoms with Crippen molar-refractivity contribution < 1.29 is 4.74 Å². The number of ether oxygens (including phenoxy) is 1. The molecule has 1 aromatic rings. The summed E-state index contributed by atoms with van der Waals surface area (Å²) in [5.41, 5.74) is 2.75. The molecule has 2 fully saturated rings. The van der Waals surface area contributed by atoms with Crippen molar-refractivity contribution >= 4 is 5.69 Å².